The Labute approximate surface area is 150 Å². The normalized spacial score (nSPS) is 20.3. The fourth-order valence-electron chi connectivity index (χ4n) is 3.65. The molecule has 5 heteroatoms. The predicted octanol–water partition coefficient (Wildman–Crippen LogP) is 2.77. The number of aromatic amines is 1. The first kappa shape index (κ1) is 16.5. The maximum absolute atomic E-state index is 13.0. The van der Waals surface area contributed by atoms with E-state index in [-0.39, 0.29) is 29.5 Å². The number of H-pyrrole nitrogens is 1. The van der Waals surface area contributed by atoms with Crippen LogP contribution in [0.1, 0.15) is 34.8 Å². The number of aliphatic hydroxyl groups excluding tert-OH is 1. The average molecular weight is 348 g/mol. The molecule has 4 rings (SSSR count). The molecule has 0 unspecified atom stereocenters. The number of carbonyl (C=O) groups excluding carboxylic acids is 1. The van der Waals surface area contributed by atoms with Gasteiger partial charge in [0.05, 0.1) is 17.7 Å². The van der Waals surface area contributed by atoms with Crippen molar-refractivity contribution in [1.29, 1.82) is 0 Å². The molecule has 1 amide bonds. The second-order valence-electron chi connectivity index (χ2n) is 6.84. The first-order valence-electron chi connectivity index (χ1n) is 8.78. The lowest BCUT2D eigenvalue weighted by Gasteiger charge is -2.38. The summed E-state index contributed by atoms with van der Waals surface area (Å²) in [5.74, 6) is -0.0906. The number of carbonyl (C=O) groups is 1. The van der Waals surface area contributed by atoms with Crippen molar-refractivity contribution in [2.45, 2.75) is 25.0 Å². The quantitative estimate of drug-likeness (QED) is 0.678. The Kier molecular flexibility index (Phi) is 4.31. The van der Waals surface area contributed by atoms with Gasteiger partial charge in [0.2, 0.25) is 5.56 Å². The van der Waals surface area contributed by atoms with Gasteiger partial charge in [-0.3, -0.25) is 9.59 Å². The summed E-state index contributed by atoms with van der Waals surface area (Å²) in [6, 6.07) is 18.2. The smallest absolute Gasteiger partial charge is 0.252 e. The summed E-state index contributed by atoms with van der Waals surface area (Å²) in [4.78, 5) is 27.7. The van der Waals surface area contributed by atoms with Crippen molar-refractivity contribution < 1.29 is 9.90 Å². The highest BCUT2D eigenvalue weighted by Gasteiger charge is 2.35. The minimum absolute atomic E-state index is 0.185. The number of rotatable bonds is 4. The number of nitrogens with one attached hydrogen (secondary N) is 2. The Morgan fingerprint density at radius 1 is 1.08 bits per heavy atom. The zero-order valence-electron chi connectivity index (χ0n) is 14.2. The van der Waals surface area contributed by atoms with Gasteiger partial charge in [-0.15, -0.1) is 0 Å². The van der Waals surface area contributed by atoms with E-state index < -0.39 is 0 Å². The molecule has 3 aromatic rings. The highest BCUT2D eigenvalue weighted by molar-refractivity contribution is 6.06. The molecule has 1 aliphatic rings. The maximum atomic E-state index is 13.0. The summed E-state index contributed by atoms with van der Waals surface area (Å²) < 4.78 is 0. The van der Waals surface area contributed by atoms with Crippen molar-refractivity contribution >= 4 is 16.8 Å². The van der Waals surface area contributed by atoms with E-state index in [1.807, 2.05) is 48.5 Å². The first-order valence-corrected chi connectivity index (χ1v) is 8.78. The van der Waals surface area contributed by atoms with Crippen molar-refractivity contribution in [2.24, 2.45) is 5.92 Å². The topological polar surface area (TPSA) is 82.2 Å². The molecule has 1 aliphatic carbocycles. The molecule has 0 aliphatic heterocycles. The molecule has 1 heterocycles. The van der Waals surface area contributed by atoms with Crippen LogP contribution in [0.5, 0.6) is 0 Å². The van der Waals surface area contributed by atoms with Crippen LogP contribution in [-0.4, -0.2) is 22.1 Å². The number of hydrogen-bond donors (Lipinski definition) is 3. The number of pyridine rings is 1. The lowest BCUT2D eigenvalue weighted by Crippen LogP contribution is -2.41. The molecule has 0 bridgehead atoms. The Morgan fingerprint density at radius 2 is 1.77 bits per heavy atom. The Hall–Kier alpha value is -2.92. The van der Waals surface area contributed by atoms with Crippen LogP contribution >= 0.6 is 0 Å². The van der Waals surface area contributed by atoms with E-state index in [4.69, 9.17) is 0 Å². The second kappa shape index (κ2) is 6.77. The largest absolute Gasteiger partial charge is 0.393 e. The van der Waals surface area contributed by atoms with Gasteiger partial charge >= 0.3 is 0 Å². The van der Waals surface area contributed by atoms with Gasteiger partial charge in [0.1, 0.15) is 0 Å². The highest BCUT2D eigenvalue weighted by atomic mass is 16.3. The molecule has 0 saturated heterocycles. The van der Waals surface area contributed by atoms with E-state index in [1.54, 1.807) is 6.07 Å². The van der Waals surface area contributed by atoms with E-state index in [1.165, 1.54) is 6.07 Å². The number of fused-ring (bicyclic) bond motifs is 1. The van der Waals surface area contributed by atoms with Gasteiger partial charge in [-0.2, -0.15) is 0 Å². The third kappa shape index (κ3) is 3.13. The minimum atomic E-state index is -0.302. The van der Waals surface area contributed by atoms with Crippen molar-refractivity contribution in [3.05, 3.63) is 82.1 Å². The molecule has 1 fully saturated rings. The molecule has 1 aromatic heterocycles. The van der Waals surface area contributed by atoms with Crippen molar-refractivity contribution in [2.75, 3.05) is 0 Å². The molecular formula is C21H20N2O3. The van der Waals surface area contributed by atoms with Gasteiger partial charge in [-0.1, -0.05) is 48.5 Å². The van der Waals surface area contributed by atoms with Gasteiger partial charge in [0.25, 0.3) is 5.91 Å². The molecule has 5 nitrogen and oxygen atoms in total. The molecule has 0 radical (unpaired) electrons. The van der Waals surface area contributed by atoms with Gasteiger partial charge < -0.3 is 15.4 Å². The van der Waals surface area contributed by atoms with E-state index in [0.29, 0.717) is 29.3 Å². The SMILES string of the molecule is O=C(N[C@@H](c1ccccc1)C1CC(O)C1)c1cc(=O)[nH]c2ccccc12. The predicted molar refractivity (Wildman–Crippen MR) is 99.9 cm³/mol. The maximum Gasteiger partial charge on any atom is 0.252 e. The fraction of sp³-hybridized carbons (Fsp3) is 0.238. The number of aromatic nitrogens is 1. The van der Waals surface area contributed by atoms with E-state index in [9.17, 15) is 14.7 Å². The van der Waals surface area contributed by atoms with Crippen LogP contribution in [-0.2, 0) is 0 Å². The molecule has 2 aromatic carbocycles. The standard InChI is InChI=1S/C21H20N2O3/c24-15-10-14(11-15)20(13-6-2-1-3-7-13)23-21(26)17-12-19(25)22-18-9-5-4-8-16(17)18/h1-9,12,14-15,20,24H,10-11H2,(H,22,25)(H,23,26)/t14?,15?,20-/m0/s1. The van der Waals surface area contributed by atoms with Gasteiger partial charge in [-0.25, -0.2) is 0 Å². The zero-order valence-corrected chi connectivity index (χ0v) is 14.2. The van der Waals surface area contributed by atoms with Crippen molar-refractivity contribution in [3.8, 4) is 0 Å². The average Bonchev–Trinajstić information content (AvgIpc) is 2.63. The molecular weight excluding hydrogens is 328 g/mol. The number of amides is 1. The Bertz CT molecular complexity index is 991. The highest BCUT2D eigenvalue weighted by Crippen LogP contribution is 2.38. The minimum Gasteiger partial charge on any atom is -0.393 e. The van der Waals surface area contributed by atoms with E-state index in [2.05, 4.69) is 10.3 Å². The third-order valence-electron chi connectivity index (χ3n) is 5.06. The van der Waals surface area contributed by atoms with Gasteiger partial charge in [0, 0.05) is 17.0 Å². The lowest BCUT2D eigenvalue weighted by atomic mass is 9.75. The monoisotopic (exact) mass is 348 g/mol. The second-order valence-corrected chi connectivity index (χ2v) is 6.84. The van der Waals surface area contributed by atoms with Crippen molar-refractivity contribution in [1.82, 2.24) is 10.3 Å². The van der Waals surface area contributed by atoms with Crippen LogP contribution in [0.25, 0.3) is 10.9 Å². The number of benzene rings is 2. The number of aliphatic hydroxyl groups is 1. The van der Waals surface area contributed by atoms with Gasteiger partial charge in [0.15, 0.2) is 0 Å². The lowest BCUT2D eigenvalue weighted by molar-refractivity contribution is 0.0235. The molecule has 1 atom stereocenters. The first-order chi connectivity index (χ1) is 12.6. The number of hydrogen-bond acceptors (Lipinski definition) is 3. The molecule has 26 heavy (non-hydrogen) atoms. The molecule has 132 valence electrons. The van der Waals surface area contributed by atoms with Crippen LogP contribution in [0.2, 0.25) is 0 Å². The van der Waals surface area contributed by atoms with Crippen LogP contribution in [0.15, 0.2) is 65.5 Å². The Balaban J connectivity index is 1.68. The Morgan fingerprint density at radius 3 is 2.50 bits per heavy atom. The van der Waals surface area contributed by atoms with E-state index in [0.717, 1.165) is 5.56 Å². The summed E-state index contributed by atoms with van der Waals surface area (Å²) in [7, 11) is 0. The third-order valence-corrected chi connectivity index (χ3v) is 5.06. The summed E-state index contributed by atoms with van der Waals surface area (Å²) >= 11 is 0. The van der Waals surface area contributed by atoms with Crippen LogP contribution in [0.3, 0.4) is 0 Å². The zero-order chi connectivity index (χ0) is 18.1. The summed E-state index contributed by atoms with van der Waals surface area (Å²) in [5, 5.41) is 13.5. The number of para-hydroxylation sites is 1. The molecule has 1 saturated carbocycles. The summed E-state index contributed by atoms with van der Waals surface area (Å²) in [6.07, 6.45) is 1.02. The molecule has 3 N–H and O–H groups in total. The van der Waals surface area contributed by atoms with Gasteiger partial charge in [-0.05, 0) is 30.4 Å². The summed E-state index contributed by atoms with van der Waals surface area (Å²) in [5.41, 5.74) is 1.71. The van der Waals surface area contributed by atoms with Crippen LogP contribution in [0.4, 0.5) is 0 Å². The fourth-order valence-corrected chi connectivity index (χ4v) is 3.65. The van der Waals surface area contributed by atoms with Crippen LogP contribution < -0.4 is 10.9 Å². The summed E-state index contributed by atoms with van der Waals surface area (Å²) in [6.45, 7) is 0. The van der Waals surface area contributed by atoms with E-state index >= 15 is 0 Å². The van der Waals surface area contributed by atoms with Crippen LogP contribution in [0, 0.1) is 5.92 Å². The molecule has 0 spiro atoms. The van der Waals surface area contributed by atoms with Crippen molar-refractivity contribution in [3.63, 3.8) is 0 Å².